The van der Waals surface area contributed by atoms with Crippen LogP contribution in [-0.2, 0) is 23.6 Å². The van der Waals surface area contributed by atoms with Crippen molar-refractivity contribution < 1.29 is 9.53 Å². The molecule has 0 spiro atoms. The van der Waals surface area contributed by atoms with Crippen molar-refractivity contribution in [2.24, 2.45) is 20.0 Å². The van der Waals surface area contributed by atoms with Gasteiger partial charge in [-0.3, -0.25) is 18.7 Å². The maximum Gasteiger partial charge on any atom is 0.332 e. The number of esters is 1. The highest BCUT2D eigenvalue weighted by molar-refractivity contribution is 5.72. The van der Waals surface area contributed by atoms with E-state index in [0.717, 1.165) is 4.57 Å². The highest BCUT2D eigenvalue weighted by Gasteiger charge is 2.27. The SMILES string of the molecule is CCOC(=O)C1CCN(c2cc(=O)n(C)c(=O)n2C)CC1. The minimum Gasteiger partial charge on any atom is -0.466 e. The second-order valence-corrected chi connectivity index (χ2v) is 5.25. The van der Waals surface area contributed by atoms with Crippen LogP contribution in [0.4, 0.5) is 5.82 Å². The third-order valence-corrected chi connectivity index (χ3v) is 3.94. The minimum atomic E-state index is -0.343. The van der Waals surface area contributed by atoms with Gasteiger partial charge in [0.25, 0.3) is 5.56 Å². The number of carbonyl (C=O) groups excluding carboxylic acids is 1. The Morgan fingerprint density at radius 2 is 1.86 bits per heavy atom. The Labute approximate surface area is 122 Å². The molecule has 1 aliphatic heterocycles. The molecule has 1 aromatic rings. The van der Waals surface area contributed by atoms with Crippen molar-refractivity contribution in [3.05, 3.63) is 26.9 Å². The van der Waals surface area contributed by atoms with Gasteiger partial charge in [-0.25, -0.2) is 4.79 Å². The number of hydrogen-bond acceptors (Lipinski definition) is 5. The maximum absolute atomic E-state index is 11.9. The molecule has 0 saturated carbocycles. The van der Waals surface area contributed by atoms with Crippen LogP contribution in [0.1, 0.15) is 19.8 Å². The summed E-state index contributed by atoms with van der Waals surface area (Å²) < 4.78 is 7.58. The molecule has 0 unspecified atom stereocenters. The molecule has 1 fully saturated rings. The van der Waals surface area contributed by atoms with Gasteiger partial charge in [0.2, 0.25) is 0 Å². The molecule has 116 valence electrons. The monoisotopic (exact) mass is 295 g/mol. The van der Waals surface area contributed by atoms with Crippen molar-refractivity contribution in [3.63, 3.8) is 0 Å². The topological polar surface area (TPSA) is 73.5 Å². The zero-order valence-electron chi connectivity index (χ0n) is 12.7. The quantitative estimate of drug-likeness (QED) is 0.726. The Hall–Kier alpha value is -2.05. The van der Waals surface area contributed by atoms with E-state index in [1.54, 1.807) is 14.0 Å². The van der Waals surface area contributed by atoms with E-state index in [-0.39, 0.29) is 23.1 Å². The smallest absolute Gasteiger partial charge is 0.332 e. The molecule has 0 N–H and O–H groups in total. The van der Waals surface area contributed by atoms with Gasteiger partial charge in [-0.05, 0) is 19.8 Å². The number of anilines is 1. The molecule has 1 saturated heterocycles. The summed E-state index contributed by atoms with van der Waals surface area (Å²) in [4.78, 5) is 37.4. The summed E-state index contributed by atoms with van der Waals surface area (Å²) in [5, 5.41) is 0. The van der Waals surface area contributed by atoms with E-state index in [1.807, 2.05) is 4.90 Å². The number of aromatic nitrogens is 2. The number of carbonyl (C=O) groups is 1. The highest BCUT2D eigenvalue weighted by Crippen LogP contribution is 2.22. The van der Waals surface area contributed by atoms with Crippen LogP contribution in [0.25, 0.3) is 0 Å². The van der Waals surface area contributed by atoms with Gasteiger partial charge in [0.1, 0.15) is 5.82 Å². The largest absolute Gasteiger partial charge is 0.466 e. The normalized spacial score (nSPS) is 16.0. The van der Waals surface area contributed by atoms with Crippen LogP contribution in [0.3, 0.4) is 0 Å². The first-order valence-electron chi connectivity index (χ1n) is 7.14. The Morgan fingerprint density at radius 3 is 2.43 bits per heavy atom. The first-order valence-corrected chi connectivity index (χ1v) is 7.14. The number of piperidine rings is 1. The van der Waals surface area contributed by atoms with E-state index in [4.69, 9.17) is 4.74 Å². The highest BCUT2D eigenvalue weighted by atomic mass is 16.5. The minimum absolute atomic E-state index is 0.0928. The van der Waals surface area contributed by atoms with E-state index in [0.29, 0.717) is 38.4 Å². The summed E-state index contributed by atoms with van der Waals surface area (Å²) >= 11 is 0. The number of ether oxygens (including phenoxy) is 1. The van der Waals surface area contributed by atoms with Gasteiger partial charge in [0.15, 0.2) is 0 Å². The van der Waals surface area contributed by atoms with Crippen molar-refractivity contribution in [1.82, 2.24) is 9.13 Å². The summed E-state index contributed by atoms with van der Waals surface area (Å²) in [6, 6.07) is 1.46. The van der Waals surface area contributed by atoms with Gasteiger partial charge < -0.3 is 9.64 Å². The molecule has 0 bridgehead atoms. The fourth-order valence-electron chi connectivity index (χ4n) is 2.63. The van der Waals surface area contributed by atoms with Gasteiger partial charge in [-0.15, -0.1) is 0 Å². The van der Waals surface area contributed by atoms with Gasteiger partial charge in [-0.2, -0.15) is 0 Å². The predicted octanol–water partition coefficient (Wildman–Crippen LogP) is -0.136. The molecular formula is C14H21N3O4. The lowest BCUT2D eigenvalue weighted by Gasteiger charge is -2.33. The first kappa shape index (κ1) is 15.3. The summed E-state index contributed by atoms with van der Waals surface area (Å²) in [7, 11) is 3.11. The molecule has 21 heavy (non-hydrogen) atoms. The second-order valence-electron chi connectivity index (χ2n) is 5.25. The van der Waals surface area contributed by atoms with Gasteiger partial charge in [0, 0.05) is 33.3 Å². The van der Waals surface area contributed by atoms with Crippen molar-refractivity contribution in [2.75, 3.05) is 24.6 Å². The van der Waals surface area contributed by atoms with Crippen LogP contribution in [0.5, 0.6) is 0 Å². The maximum atomic E-state index is 11.9. The van der Waals surface area contributed by atoms with Gasteiger partial charge >= 0.3 is 11.7 Å². The van der Waals surface area contributed by atoms with Crippen LogP contribution < -0.4 is 16.1 Å². The molecule has 1 aromatic heterocycles. The van der Waals surface area contributed by atoms with Crippen LogP contribution in [0.2, 0.25) is 0 Å². The Balaban J connectivity index is 2.15. The lowest BCUT2D eigenvalue weighted by Crippen LogP contribution is -2.43. The molecule has 0 atom stereocenters. The van der Waals surface area contributed by atoms with Crippen LogP contribution >= 0.6 is 0 Å². The number of hydrogen-bond donors (Lipinski definition) is 0. The molecule has 0 aliphatic carbocycles. The van der Waals surface area contributed by atoms with E-state index in [2.05, 4.69) is 0 Å². The average Bonchev–Trinajstić information content (AvgIpc) is 2.49. The molecule has 2 heterocycles. The molecule has 0 aromatic carbocycles. The van der Waals surface area contributed by atoms with E-state index >= 15 is 0 Å². The molecule has 0 radical (unpaired) electrons. The summed E-state index contributed by atoms with van der Waals surface area (Å²) in [6.45, 7) is 3.44. The lowest BCUT2D eigenvalue weighted by molar-refractivity contribution is -0.148. The van der Waals surface area contributed by atoms with Crippen LogP contribution in [0, 0.1) is 5.92 Å². The fourth-order valence-corrected chi connectivity index (χ4v) is 2.63. The number of nitrogens with zero attached hydrogens (tertiary/aromatic N) is 3. The van der Waals surface area contributed by atoms with Crippen molar-refractivity contribution >= 4 is 11.8 Å². The third-order valence-electron chi connectivity index (χ3n) is 3.94. The van der Waals surface area contributed by atoms with Crippen molar-refractivity contribution in [1.29, 1.82) is 0 Å². The van der Waals surface area contributed by atoms with Crippen LogP contribution in [-0.4, -0.2) is 34.8 Å². The van der Waals surface area contributed by atoms with Gasteiger partial charge in [0.05, 0.1) is 12.5 Å². The third kappa shape index (κ3) is 3.01. The summed E-state index contributed by atoms with van der Waals surface area (Å²) in [6.07, 6.45) is 1.34. The van der Waals surface area contributed by atoms with E-state index < -0.39 is 0 Å². The van der Waals surface area contributed by atoms with Crippen molar-refractivity contribution in [3.8, 4) is 0 Å². The second kappa shape index (κ2) is 6.15. The summed E-state index contributed by atoms with van der Waals surface area (Å²) in [5.74, 6) is 0.352. The predicted molar refractivity (Wildman–Crippen MR) is 78.5 cm³/mol. The molecular weight excluding hydrogens is 274 g/mol. The molecule has 0 amide bonds. The lowest BCUT2D eigenvalue weighted by atomic mass is 9.97. The average molecular weight is 295 g/mol. The van der Waals surface area contributed by atoms with Crippen LogP contribution in [0.15, 0.2) is 15.7 Å². The first-order chi connectivity index (χ1) is 9.95. The Bertz CT molecular complexity index is 639. The van der Waals surface area contributed by atoms with Gasteiger partial charge in [-0.1, -0.05) is 0 Å². The zero-order chi connectivity index (χ0) is 15.6. The number of rotatable bonds is 3. The van der Waals surface area contributed by atoms with Crippen molar-refractivity contribution in [2.45, 2.75) is 19.8 Å². The molecule has 2 rings (SSSR count). The Morgan fingerprint density at radius 1 is 1.24 bits per heavy atom. The molecule has 7 nitrogen and oxygen atoms in total. The van der Waals surface area contributed by atoms with E-state index in [1.165, 1.54) is 17.7 Å². The Kier molecular flexibility index (Phi) is 4.50. The summed E-state index contributed by atoms with van der Waals surface area (Å²) in [5.41, 5.74) is -0.661. The fraction of sp³-hybridized carbons (Fsp3) is 0.643. The van der Waals surface area contributed by atoms with E-state index in [9.17, 15) is 14.4 Å². The molecule has 1 aliphatic rings. The molecule has 7 heteroatoms. The standard InChI is InChI=1S/C14H21N3O4/c1-4-21-13(19)10-5-7-17(8-6-10)11-9-12(18)16(3)14(20)15(11)2/h9-10H,4-8H2,1-3H3. The zero-order valence-corrected chi connectivity index (χ0v) is 12.7.